The van der Waals surface area contributed by atoms with Crippen molar-refractivity contribution in [2.45, 2.75) is 19.8 Å². The topological polar surface area (TPSA) is 73.4 Å². The molecule has 7 nitrogen and oxygen atoms in total. The lowest BCUT2D eigenvalue weighted by Crippen LogP contribution is -2.44. The van der Waals surface area contributed by atoms with E-state index < -0.39 is 0 Å². The van der Waals surface area contributed by atoms with Crippen molar-refractivity contribution in [1.29, 1.82) is 0 Å². The van der Waals surface area contributed by atoms with E-state index in [-0.39, 0.29) is 5.91 Å². The van der Waals surface area contributed by atoms with Gasteiger partial charge < -0.3 is 20.4 Å². The third kappa shape index (κ3) is 5.40. The van der Waals surface area contributed by atoms with Crippen LogP contribution in [0.4, 0.5) is 17.3 Å². The Labute approximate surface area is 160 Å². The highest BCUT2D eigenvalue weighted by Crippen LogP contribution is 2.20. The van der Waals surface area contributed by atoms with Gasteiger partial charge in [0.15, 0.2) is 0 Å². The number of anilines is 3. The van der Waals surface area contributed by atoms with Gasteiger partial charge in [0.05, 0.1) is 5.56 Å². The molecule has 2 aromatic rings. The number of benzene rings is 1. The van der Waals surface area contributed by atoms with Gasteiger partial charge in [-0.1, -0.05) is 13.3 Å². The second kappa shape index (κ2) is 9.32. The number of hydrogen-bond donors (Lipinski definition) is 2. The van der Waals surface area contributed by atoms with Crippen LogP contribution in [0.1, 0.15) is 30.1 Å². The summed E-state index contributed by atoms with van der Waals surface area (Å²) in [6.45, 7) is 7.04. The number of carbonyl (C=O) groups is 1. The highest BCUT2D eigenvalue weighted by atomic mass is 16.1. The Morgan fingerprint density at radius 2 is 1.74 bits per heavy atom. The third-order valence-corrected chi connectivity index (χ3v) is 4.72. The summed E-state index contributed by atoms with van der Waals surface area (Å²) in [7, 11) is 2.16. The molecular formula is C20H28N6O. The maximum atomic E-state index is 12.0. The van der Waals surface area contributed by atoms with Crippen LogP contribution in [0.25, 0.3) is 0 Å². The SMILES string of the molecule is CCCCNC(=O)c1cnc(Nc2ccc(N3CCN(C)CC3)cc2)nc1. The molecule has 144 valence electrons. The monoisotopic (exact) mass is 368 g/mol. The molecular weight excluding hydrogens is 340 g/mol. The van der Waals surface area contributed by atoms with Crippen LogP contribution in [0, 0.1) is 0 Å². The highest BCUT2D eigenvalue weighted by Gasteiger charge is 2.14. The molecule has 1 aromatic carbocycles. The lowest BCUT2D eigenvalue weighted by atomic mass is 10.2. The average molecular weight is 368 g/mol. The van der Waals surface area contributed by atoms with Crippen LogP contribution in [0.3, 0.4) is 0 Å². The predicted octanol–water partition coefficient (Wildman–Crippen LogP) is 2.50. The molecule has 1 fully saturated rings. The molecule has 1 aliphatic heterocycles. The number of unbranched alkanes of at least 4 members (excludes halogenated alkanes) is 1. The van der Waals surface area contributed by atoms with Crippen LogP contribution in [-0.2, 0) is 0 Å². The van der Waals surface area contributed by atoms with Gasteiger partial charge in [0.1, 0.15) is 0 Å². The number of nitrogens with one attached hydrogen (secondary N) is 2. The van der Waals surface area contributed by atoms with Gasteiger partial charge >= 0.3 is 0 Å². The summed E-state index contributed by atoms with van der Waals surface area (Å²) in [6.07, 6.45) is 5.12. The van der Waals surface area contributed by atoms with E-state index in [4.69, 9.17) is 0 Å². The van der Waals surface area contributed by atoms with Crippen molar-refractivity contribution in [2.24, 2.45) is 0 Å². The molecule has 0 aliphatic carbocycles. The van der Waals surface area contributed by atoms with Gasteiger partial charge in [-0.25, -0.2) is 9.97 Å². The maximum absolute atomic E-state index is 12.0. The van der Waals surface area contributed by atoms with E-state index in [1.54, 1.807) is 12.4 Å². The number of carbonyl (C=O) groups excluding carboxylic acids is 1. The first-order valence-electron chi connectivity index (χ1n) is 9.56. The smallest absolute Gasteiger partial charge is 0.254 e. The van der Waals surface area contributed by atoms with E-state index in [1.807, 2.05) is 12.1 Å². The average Bonchev–Trinajstić information content (AvgIpc) is 2.70. The summed E-state index contributed by atoms with van der Waals surface area (Å²) >= 11 is 0. The van der Waals surface area contributed by atoms with Crippen LogP contribution >= 0.6 is 0 Å². The summed E-state index contributed by atoms with van der Waals surface area (Å²) in [6, 6.07) is 8.29. The molecule has 1 amide bonds. The first-order valence-corrected chi connectivity index (χ1v) is 9.56. The molecule has 0 radical (unpaired) electrons. The number of likely N-dealkylation sites (N-methyl/N-ethyl adjacent to an activating group) is 1. The number of amides is 1. The van der Waals surface area contributed by atoms with Gasteiger partial charge in [0.25, 0.3) is 5.91 Å². The summed E-state index contributed by atoms with van der Waals surface area (Å²) in [4.78, 5) is 25.2. The zero-order valence-electron chi connectivity index (χ0n) is 16.1. The molecule has 7 heteroatoms. The lowest BCUT2D eigenvalue weighted by molar-refractivity contribution is 0.0952. The number of aromatic nitrogens is 2. The molecule has 2 heterocycles. The minimum absolute atomic E-state index is 0.133. The third-order valence-electron chi connectivity index (χ3n) is 4.72. The molecule has 0 spiro atoms. The number of rotatable bonds is 7. The predicted molar refractivity (Wildman–Crippen MR) is 109 cm³/mol. The molecule has 1 saturated heterocycles. The minimum Gasteiger partial charge on any atom is -0.369 e. The number of nitrogens with zero attached hydrogens (tertiary/aromatic N) is 4. The summed E-state index contributed by atoms with van der Waals surface area (Å²) in [5, 5.41) is 6.04. The van der Waals surface area contributed by atoms with Crippen LogP contribution in [0.2, 0.25) is 0 Å². The zero-order chi connectivity index (χ0) is 19.1. The van der Waals surface area contributed by atoms with Crippen LogP contribution in [-0.4, -0.2) is 60.5 Å². The van der Waals surface area contributed by atoms with E-state index in [0.717, 1.165) is 44.7 Å². The molecule has 0 saturated carbocycles. The molecule has 2 N–H and O–H groups in total. The fourth-order valence-electron chi connectivity index (χ4n) is 2.94. The molecule has 3 rings (SSSR count). The molecule has 0 bridgehead atoms. The molecule has 27 heavy (non-hydrogen) atoms. The van der Waals surface area contributed by atoms with Gasteiger partial charge in [0, 0.05) is 56.5 Å². The fraction of sp³-hybridized carbons (Fsp3) is 0.450. The first kappa shape index (κ1) is 19.1. The van der Waals surface area contributed by atoms with E-state index in [1.165, 1.54) is 5.69 Å². The van der Waals surface area contributed by atoms with Gasteiger partial charge in [-0.15, -0.1) is 0 Å². The normalized spacial score (nSPS) is 14.8. The molecule has 1 aromatic heterocycles. The summed E-state index contributed by atoms with van der Waals surface area (Å²) in [5.41, 5.74) is 2.63. The van der Waals surface area contributed by atoms with E-state index in [0.29, 0.717) is 18.1 Å². The Kier molecular flexibility index (Phi) is 6.59. The Bertz CT molecular complexity index is 723. The van der Waals surface area contributed by atoms with Crippen LogP contribution in [0.15, 0.2) is 36.7 Å². The Hall–Kier alpha value is -2.67. The Balaban J connectivity index is 1.55. The van der Waals surface area contributed by atoms with E-state index in [9.17, 15) is 4.79 Å². The highest BCUT2D eigenvalue weighted by molar-refractivity contribution is 5.93. The second-order valence-corrected chi connectivity index (χ2v) is 6.87. The van der Waals surface area contributed by atoms with Gasteiger partial charge in [-0.3, -0.25) is 4.79 Å². The van der Waals surface area contributed by atoms with Gasteiger partial charge in [0.2, 0.25) is 5.95 Å². The Morgan fingerprint density at radius 1 is 1.07 bits per heavy atom. The Morgan fingerprint density at radius 3 is 2.37 bits per heavy atom. The van der Waals surface area contributed by atoms with Crippen molar-refractivity contribution in [2.75, 3.05) is 50.0 Å². The van der Waals surface area contributed by atoms with Gasteiger partial charge in [-0.05, 0) is 37.7 Å². The molecule has 0 unspecified atom stereocenters. The van der Waals surface area contributed by atoms with Crippen molar-refractivity contribution in [3.05, 3.63) is 42.2 Å². The maximum Gasteiger partial charge on any atom is 0.254 e. The van der Waals surface area contributed by atoms with Crippen molar-refractivity contribution in [3.8, 4) is 0 Å². The van der Waals surface area contributed by atoms with Gasteiger partial charge in [-0.2, -0.15) is 0 Å². The summed E-state index contributed by atoms with van der Waals surface area (Å²) in [5.74, 6) is 0.346. The van der Waals surface area contributed by atoms with Crippen molar-refractivity contribution in [1.82, 2.24) is 20.2 Å². The standard InChI is InChI=1S/C20H28N6O/c1-3-4-9-21-19(27)16-14-22-20(23-15-16)24-17-5-7-18(8-6-17)26-12-10-25(2)11-13-26/h5-8,14-15H,3-4,9-13H2,1-2H3,(H,21,27)(H,22,23,24). The zero-order valence-corrected chi connectivity index (χ0v) is 16.1. The van der Waals surface area contributed by atoms with Crippen LogP contribution in [0.5, 0.6) is 0 Å². The van der Waals surface area contributed by atoms with E-state index >= 15 is 0 Å². The molecule has 1 aliphatic rings. The number of hydrogen-bond acceptors (Lipinski definition) is 6. The second-order valence-electron chi connectivity index (χ2n) is 6.87. The number of piperazine rings is 1. The van der Waals surface area contributed by atoms with Crippen molar-refractivity contribution >= 4 is 23.2 Å². The fourth-order valence-corrected chi connectivity index (χ4v) is 2.94. The van der Waals surface area contributed by atoms with Crippen LogP contribution < -0.4 is 15.5 Å². The van der Waals surface area contributed by atoms with Crippen molar-refractivity contribution in [3.63, 3.8) is 0 Å². The quantitative estimate of drug-likeness (QED) is 0.732. The minimum atomic E-state index is -0.133. The summed E-state index contributed by atoms with van der Waals surface area (Å²) < 4.78 is 0. The lowest BCUT2D eigenvalue weighted by Gasteiger charge is -2.34. The first-order chi connectivity index (χ1) is 13.2. The largest absolute Gasteiger partial charge is 0.369 e. The molecule has 0 atom stereocenters. The van der Waals surface area contributed by atoms with E-state index in [2.05, 4.69) is 56.5 Å². The van der Waals surface area contributed by atoms with Crippen molar-refractivity contribution < 1.29 is 4.79 Å².